The largest absolute Gasteiger partial charge is 0.270 e. The molecule has 0 N–H and O–H groups in total. The minimum absolute atomic E-state index is 0.938. The van der Waals surface area contributed by atoms with Gasteiger partial charge in [0.2, 0.25) is 0 Å². The lowest BCUT2D eigenvalue weighted by atomic mass is 10.2. The number of halogens is 1. The summed E-state index contributed by atoms with van der Waals surface area (Å²) in [5.74, 6) is 0.938. The van der Waals surface area contributed by atoms with Gasteiger partial charge in [0, 0.05) is 17.7 Å². The molecule has 2 rings (SSSR count). The van der Waals surface area contributed by atoms with Gasteiger partial charge in [-0.2, -0.15) is 5.10 Å². The van der Waals surface area contributed by atoms with Gasteiger partial charge in [0.05, 0.1) is 15.9 Å². The fraction of sp³-hybridized carbons (Fsp3) is 0.357. The number of aryl methyl sites for hydroxylation is 3. The van der Waals surface area contributed by atoms with E-state index in [0.717, 1.165) is 22.3 Å². The SMILES string of the molecule is CCc1nn(C)c(CSc2ccc(C)cc2)c1Br. The van der Waals surface area contributed by atoms with Gasteiger partial charge in [-0.05, 0) is 41.4 Å². The summed E-state index contributed by atoms with van der Waals surface area (Å²) < 4.78 is 3.14. The van der Waals surface area contributed by atoms with Crippen LogP contribution in [0.1, 0.15) is 23.9 Å². The molecule has 1 aromatic heterocycles. The van der Waals surface area contributed by atoms with Crippen LogP contribution >= 0.6 is 27.7 Å². The van der Waals surface area contributed by atoms with E-state index in [0.29, 0.717) is 0 Å². The number of aromatic nitrogens is 2. The first kappa shape index (κ1) is 13.7. The van der Waals surface area contributed by atoms with Crippen molar-refractivity contribution in [3.8, 4) is 0 Å². The van der Waals surface area contributed by atoms with Crippen LogP contribution in [0.25, 0.3) is 0 Å². The monoisotopic (exact) mass is 324 g/mol. The van der Waals surface area contributed by atoms with E-state index in [1.807, 2.05) is 23.5 Å². The molecule has 0 fully saturated rings. The second-order valence-electron chi connectivity index (χ2n) is 4.29. The van der Waals surface area contributed by atoms with Crippen LogP contribution in [0.5, 0.6) is 0 Å². The van der Waals surface area contributed by atoms with Gasteiger partial charge in [-0.1, -0.05) is 24.6 Å². The predicted octanol–water partition coefficient (Wildman–Crippen LogP) is 4.35. The van der Waals surface area contributed by atoms with Gasteiger partial charge in [-0.3, -0.25) is 4.68 Å². The lowest BCUT2D eigenvalue weighted by Crippen LogP contribution is -1.96. The molecule has 2 aromatic rings. The Morgan fingerprint density at radius 1 is 1.28 bits per heavy atom. The Balaban J connectivity index is 2.10. The van der Waals surface area contributed by atoms with Crippen molar-refractivity contribution in [2.24, 2.45) is 7.05 Å². The molecule has 0 atom stereocenters. The number of hydrogen-bond acceptors (Lipinski definition) is 2. The van der Waals surface area contributed by atoms with Crippen molar-refractivity contribution < 1.29 is 0 Å². The van der Waals surface area contributed by atoms with E-state index in [4.69, 9.17) is 0 Å². The Kier molecular flexibility index (Phi) is 4.51. The molecule has 1 heterocycles. The number of nitrogens with zero attached hydrogens (tertiary/aromatic N) is 2. The normalized spacial score (nSPS) is 10.9. The number of rotatable bonds is 4. The molecule has 0 bridgehead atoms. The highest BCUT2D eigenvalue weighted by Crippen LogP contribution is 2.29. The molecular formula is C14H17BrN2S. The zero-order chi connectivity index (χ0) is 13.1. The Hall–Kier alpha value is -0.740. The van der Waals surface area contributed by atoms with Crippen LogP contribution < -0.4 is 0 Å². The Morgan fingerprint density at radius 2 is 1.94 bits per heavy atom. The van der Waals surface area contributed by atoms with Crippen molar-refractivity contribution >= 4 is 27.7 Å². The second-order valence-corrected chi connectivity index (χ2v) is 6.13. The van der Waals surface area contributed by atoms with E-state index in [1.54, 1.807) is 0 Å². The molecule has 96 valence electrons. The molecule has 0 saturated carbocycles. The maximum atomic E-state index is 4.51. The molecule has 0 unspecified atom stereocenters. The summed E-state index contributed by atoms with van der Waals surface area (Å²) in [4.78, 5) is 1.30. The van der Waals surface area contributed by atoms with Crippen LogP contribution in [-0.2, 0) is 19.2 Å². The number of hydrogen-bond donors (Lipinski definition) is 0. The van der Waals surface area contributed by atoms with Gasteiger partial charge < -0.3 is 0 Å². The van der Waals surface area contributed by atoms with Crippen molar-refractivity contribution in [3.63, 3.8) is 0 Å². The summed E-state index contributed by atoms with van der Waals surface area (Å²) in [5, 5.41) is 4.51. The van der Waals surface area contributed by atoms with E-state index < -0.39 is 0 Å². The van der Waals surface area contributed by atoms with Crippen LogP contribution in [-0.4, -0.2) is 9.78 Å². The maximum absolute atomic E-state index is 4.51. The average Bonchev–Trinajstić information content (AvgIpc) is 2.64. The molecule has 4 heteroatoms. The first-order chi connectivity index (χ1) is 8.61. The second kappa shape index (κ2) is 5.93. The molecular weight excluding hydrogens is 308 g/mol. The third-order valence-corrected chi connectivity index (χ3v) is 4.84. The minimum Gasteiger partial charge on any atom is -0.270 e. The van der Waals surface area contributed by atoms with E-state index in [9.17, 15) is 0 Å². The van der Waals surface area contributed by atoms with Crippen LogP contribution in [0.4, 0.5) is 0 Å². The molecule has 0 saturated heterocycles. The van der Waals surface area contributed by atoms with Crippen molar-refractivity contribution in [2.45, 2.75) is 30.9 Å². The predicted molar refractivity (Wildman–Crippen MR) is 81.0 cm³/mol. The Morgan fingerprint density at radius 3 is 2.50 bits per heavy atom. The molecule has 0 aliphatic carbocycles. The molecule has 2 nitrogen and oxygen atoms in total. The van der Waals surface area contributed by atoms with E-state index >= 15 is 0 Å². The molecule has 0 spiro atoms. The summed E-state index contributed by atoms with van der Waals surface area (Å²) in [6.07, 6.45) is 0.962. The minimum atomic E-state index is 0.938. The molecule has 0 aliphatic rings. The summed E-state index contributed by atoms with van der Waals surface area (Å²) in [7, 11) is 2.01. The van der Waals surface area contributed by atoms with E-state index in [2.05, 4.69) is 59.1 Å². The van der Waals surface area contributed by atoms with Crippen LogP contribution in [0, 0.1) is 6.92 Å². The number of benzene rings is 1. The highest BCUT2D eigenvalue weighted by atomic mass is 79.9. The van der Waals surface area contributed by atoms with Crippen LogP contribution in [0.15, 0.2) is 33.6 Å². The van der Waals surface area contributed by atoms with Gasteiger partial charge in [0.25, 0.3) is 0 Å². The highest BCUT2D eigenvalue weighted by molar-refractivity contribution is 9.10. The van der Waals surface area contributed by atoms with Crippen LogP contribution in [0.3, 0.4) is 0 Å². The van der Waals surface area contributed by atoms with Gasteiger partial charge in [-0.25, -0.2) is 0 Å². The molecule has 1 aromatic carbocycles. The summed E-state index contributed by atoms with van der Waals surface area (Å²) >= 11 is 5.49. The van der Waals surface area contributed by atoms with Crippen LogP contribution in [0.2, 0.25) is 0 Å². The third-order valence-electron chi connectivity index (χ3n) is 2.90. The zero-order valence-electron chi connectivity index (χ0n) is 10.9. The van der Waals surface area contributed by atoms with E-state index in [-0.39, 0.29) is 0 Å². The molecule has 0 aliphatic heterocycles. The van der Waals surface area contributed by atoms with Gasteiger partial charge >= 0.3 is 0 Å². The Labute approximate surface area is 121 Å². The third kappa shape index (κ3) is 2.98. The van der Waals surface area contributed by atoms with Crippen molar-refractivity contribution in [1.82, 2.24) is 9.78 Å². The maximum Gasteiger partial charge on any atom is 0.0767 e. The summed E-state index contributed by atoms with van der Waals surface area (Å²) in [5.41, 5.74) is 3.68. The smallest absolute Gasteiger partial charge is 0.0767 e. The lowest BCUT2D eigenvalue weighted by molar-refractivity contribution is 0.719. The van der Waals surface area contributed by atoms with E-state index in [1.165, 1.54) is 16.2 Å². The standard InChI is InChI=1S/C14H17BrN2S/c1-4-12-14(15)13(17(3)16-12)9-18-11-7-5-10(2)6-8-11/h5-8H,4,9H2,1-3H3. The van der Waals surface area contributed by atoms with Crippen molar-refractivity contribution in [3.05, 3.63) is 45.7 Å². The fourth-order valence-corrected chi connectivity index (χ4v) is 3.67. The first-order valence-electron chi connectivity index (χ1n) is 6.01. The molecule has 0 radical (unpaired) electrons. The summed E-state index contributed by atoms with van der Waals surface area (Å²) in [6, 6.07) is 8.65. The topological polar surface area (TPSA) is 17.8 Å². The quantitative estimate of drug-likeness (QED) is 0.778. The molecule has 18 heavy (non-hydrogen) atoms. The van der Waals surface area contributed by atoms with Crippen molar-refractivity contribution in [2.75, 3.05) is 0 Å². The number of thioether (sulfide) groups is 1. The van der Waals surface area contributed by atoms with Gasteiger partial charge in [0.15, 0.2) is 0 Å². The fourth-order valence-electron chi connectivity index (χ4n) is 1.76. The molecule has 0 amide bonds. The van der Waals surface area contributed by atoms with Gasteiger partial charge in [-0.15, -0.1) is 11.8 Å². The lowest BCUT2D eigenvalue weighted by Gasteiger charge is -2.04. The first-order valence-corrected chi connectivity index (χ1v) is 7.79. The van der Waals surface area contributed by atoms with Gasteiger partial charge in [0.1, 0.15) is 0 Å². The highest BCUT2D eigenvalue weighted by Gasteiger charge is 2.12. The zero-order valence-corrected chi connectivity index (χ0v) is 13.3. The summed E-state index contributed by atoms with van der Waals surface area (Å²) in [6.45, 7) is 4.24. The average molecular weight is 325 g/mol. The van der Waals surface area contributed by atoms with Crippen molar-refractivity contribution in [1.29, 1.82) is 0 Å². The Bertz CT molecular complexity index is 531.